The van der Waals surface area contributed by atoms with Gasteiger partial charge in [0.1, 0.15) is 5.82 Å². The summed E-state index contributed by atoms with van der Waals surface area (Å²) in [5.74, 6) is 1.65. The third-order valence-corrected chi connectivity index (χ3v) is 2.63. The summed E-state index contributed by atoms with van der Waals surface area (Å²) in [5.41, 5.74) is 0. The summed E-state index contributed by atoms with van der Waals surface area (Å²) in [4.78, 5) is 0. The second kappa shape index (κ2) is 3.92. The van der Waals surface area contributed by atoms with Gasteiger partial charge in [-0.3, -0.25) is 0 Å². The van der Waals surface area contributed by atoms with Crippen LogP contribution in [0.3, 0.4) is 0 Å². The Labute approximate surface area is 82.5 Å². The molecule has 0 atom stereocenters. The summed E-state index contributed by atoms with van der Waals surface area (Å²) in [5, 5.41) is 11.4. The largest absolute Gasteiger partial charge is 0.368 e. The molecule has 1 aliphatic rings. The smallest absolute Gasteiger partial charge is 0.151 e. The Hall–Kier alpha value is -0.830. The van der Waals surface area contributed by atoms with E-state index in [1.165, 1.54) is 19.3 Å². The molecule has 0 bridgehead atoms. The molecule has 2 rings (SSSR count). The molecule has 4 heteroatoms. The van der Waals surface area contributed by atoms with E-state index < -0.39 is 0 Å². The lowest BCUT2D eigenvalue weighted by molar-refractivity contribution is 0.333. The predicted molar refractivity (Wildman–Crippen MR) is 52.9 cm³/mol. The average Bonchev–Trinajstić information content (AvgIpc) is 2.05. The highest BCUT2D eigenvalue weighted by atomic mass is 35.5. The molecule has 0 spiro atoms. The normalized spacial score (nSPS) is 16.7. The lowest BCUT2D eigenvalue weighted by Crippen LogP contribution is -2.21. The average molecular weight is 198 g/mol. The first kappa shape index (κ1) is 8.75. The van der Waals surface area contributed by atoms with Gasteiger partial charge in [-0.1, -0.05) is 18.0 Å². The molecule has 3 nitrogen and oxygen atoms in total. The SMILES string of the molecule is Clc1ccc(NCC2CCC2)nn1. The van der Waals surface area contributed by atoms with E-state index in [9.17, 15) is 0 Å². The molecule has 1 fully saturated rings. The van der Waals surface area contributed by atoms with Crippen LogP contribution in [0.2, 0.25) is 5.15 Å². The Morgan fingerprint density at radius 2 is 2.23 bits per heavy atom. The van der Waals surface area contributed by atoms with Crippen molar-refractivity contribution in [2.45, 2.75) is 19.3 Å². The van der Waals surface area contributed by atoms with E-state index >= 15 is 0 Å². The van der Waals surface area contributed by atoms with E-state index in [0.29, 0.717) is 5.15 Å². The summed E-state index contributed by atoms with van der Waals surface area (Å²) in [6, 6.07) is 3.60. The molecule has 0 saturated heterocycles. The number of hydrogen-bond acceptors (Lipinski definition) is 3. The fourth-order valence-corrected chi connectivity index (χ4v) is 1.46. The molecule has 1 saturated carbocycles. The van der Waals surface area contributed by atoms with Gasteiger partial charge in [0.05, 0.1) is 0 Å². The first-order chi connectivity index (χ1) is 6.34. The van der Waals surface area contributed by atoms with Crippen LogP contribution in [0.25, 0.3) is 0 Å². The van der Waals surface area contributed by atoms with Gasteiger partial charge in [0.2, 0.25) is 0 Å². The maximum Gasteiger partial charge on any atom is 0.151 e. The van der Waals surface area contributed by atoms with E-state index in [4.69, 9.17) is 11.6 Å². The van der Waals surface area contributed by atoms with Crippen molar-refractivity contribution in [1.82, 2.24) is 10.2 Å². The molecule has 0 unspecified atom stereocenters. The number of aromatic nitrogens is 2. The molecule has 0 aliphatic heterocycles. The van der Waals surface area contributed by atoms with Crippen LogP contribution in [0.5, 0.6) is 0 Å². The minimum Gasteiger partial charge on any atom is -0.368 e. The van der Waals surface area contributed by atoms with Crippen LogP contribution in [-0.2, 0) is 0 Å². The van der Waals surface area contributed by atoms with Crippen molar-refractivity contribution >= 4 is 17.4 Å². The fraction of sp³-hybridized carbons (Fsp3) is 0.556. The first-order valence-corrected chi connectivity index (χ1v) is 4.95. The van der Waals surface area contributed by atoms with E-state index in [1.54, 1.807) is 6.07 Å². The minimum atomic E-state index is 0.439. The van der Waals surface area contributed by atoms with Gasteiger partial charge >= 0.3 is 0 Å². The number of halogens is 1. The molecule has 0 aromatic carbocycles. The number of hydrogen-bond donors (Lipinski definition) is 1. The summed E-state index contributed by atoms with van der Waals surface area (Å²) < 4.78 is 0. The lowest BCUT2D eigenvalue weighted by Gasteiger charge is -2.25. The zero-order valence-corrected chi connectivity index (χ0v) is 8.09. The topological polar surface area (TPSA) is 37.8 Å². The second-order valence-electron chi connectivity index (χ2n) is 3.42. The lowest BCUT2D eigenvalue weighted by atomic mass is 9.85. The Kier molecular flexibility index (Phi) is 2.64. The van der Waals surface area contributed by atoms with Crippen LogP contribution in [-0.4, -0.2) is 16.7 Å². The summed E-state index contributed by atoms with van der Waals surface area (Å²) in [7, 11) is 0. The Bertz CT molecular complexity index is 269. The second-order valence-corrected chi connectivity index (χ2v) is 3.81. The van der Waals surface area contributed by atoms with Crippen LogP contribution in [0.15, 0.2) is 12.1 Å². The van der Waals surface area contributed by atoms with Crippen molar-refractivity contribution in [2.24, 2.45) is 5.92 Å². The molecule has 13 heavy (non-hydrogen) atoms. The van der Waals surface area contributed by atoms with Crippen molar-refractivity contribution in [1.29, 1.82) is 0 Å². The fourth-order valence-electron chi connectivity index (χ4n) is 1.36. The van der Waals surface area contributed by atoms with Crippen molar-refractivity contribution in [3.8, 4) is 0 Å². The van der Waals surface area contributed by atoms with E-state index in [0.717, 1.165) is 18.3 Å². The third kappa shape index (κ3) is 2.31. The Morgan fingerprint density at radius 3 is 2.77 bits per heavy atom. The summed E-state index contributed by atoms with van der Waals surface area (Å²) in [6.45, 7) is 1.01. The predicted octanol–water partition coefficient (Wildman–Crippen LogP) is 2.34. The molecular formula is C9H12ClN3. The van der Waals surface area contributed by atoms with Gasteiger partial charge in [-0.25, -0.2) is 0 Å². The molecular weight excluding hydrogens is 186 g/mol. The molecule has 1 aliphatic carbocycles. The molecule has 0 radical (unpaired) electrons. The summed E-state index contributed by atoms with van der Waals surface area (Å²) >= 11 is 5.61. The number of nitrogens with one attached hydrogen (secondary N) is 1. The molecule has 0 amide bonds. The molecule has 1 heterocycles. The van der Waals surface area contributed by atoms with E-state index in [1.807, 2.05) is 6.07 Å². The van der Waals surface area contributed by atoms with Crippen molar-refractivity contribution in [2.75, 3.05) is 11.9 Å². The van der Waals surface area contributed by atoms with Crippen molar-refractivity contribution in [3.05, 3.63) is 17.3 Å². The number of anilines is 1. The van der Waals surface area contributed by atoms with Gasteiger partial charge in [-0.05, 0) is 30.9 Å². The molecule has 70 valence electrons. The molecule has 1 aromatic rings. The standard InChI is InChI=1S/C9H12ClN3/c10-8-4-5-9(13-12-8)11-6-7-2-1-3-7/h4-5,7H,1-3,6H2,(H,11,13). The third-order valence-electron chi connectivity index (χ3n) is 2.43. The van der Waals surface area contributed by atoms with Gasteiger partial charge in [0.15, 0.2) is 5.15 Å². The highest BCUT2D eigenvalue weighted by Crippen LogP contribution is 2.26. The van der Waals surface area contributed by atoms with Gasteiger partial charge in [0.25, 0.3) is 0 Å². The molecule has 1 N–H and O–H groups in total. The number of nitrogens with zero attached hydrogens (tertiary/aromatic N) is 2. The molecule has 1 aromatic heterocycles. The zero-order valence-electron chi connectivity index (χ0n) is 7.33. The number of rotatable bonds is 3. The Balaban J connectivity index is 1.83. The van der Waals surface area contributed by atoms with Gasteiger partial charge in [0, 0.05) is 6.54 Å². The monoisotopic (exact) mass is 197 g/mol. The van der Waals surface area contributed by atoms with Gasteiger partial charge < -0.3 is 5.32 Å². The highest BCUT2D eigenvalue weighted by Gasteiger charge is 2.16. The summed E-state index contributed by atoms with van der Waals surface area (Å²) in [6.07, 6.45) is 4.06. The quantitative estimate of drug-likeness (QED) is 0.809. The zero-order chi connectivity index (χ0) is 9.10. The maximum atomic E-state index is 5.61. The van der Waals surface area contributed by atoms with E-state index in [2.05, 4.69) is 15.5 Å². The highest BCUT2D eigenvalue weighted by molar-refractivity contribution is 6.29. The van der Waals surface area contributed by atoms with Crippen LogP contribution in [0.4, 0.5) is 5.82 Å². The van der Waals surface area contributed by atoms with Crippen LogP contribution >= 0.6 is 11.6 Å². The van der Waals surface area contributed by atoms with Crippen molar-refractivity contribution < 1.29 is 0 Å². The van der Waals surface area contributed by atoms with Gasteiger partial charge in [-0.2, -0.15) is 0 Å². The van der Waals surface area contributed by atoms with Crippen molar-refractivity contribution in [3.63, 3.8) is 0 Å². The first-order valence-electron chi connectivity index (χ1n) is 4.58. The van der Waals surface area contributed by atoms with Crippen LogP contribution in [0, 0.1) is 5.92 Å². The van der Waals surface area contributed by atoms with Crippen LogP contribution in [0.1, 0.15) is 19.3 Å². The van der Waals surface area contributed by atoms with Gasteiger partial charge in [-0.15, -0.1) is 10.2 Å². The van der Waals surface area contributed by atoms with Crippen LogP contribution < -0.4 is 5.32 Å². The van der Waals surface area contributed by atoms with E-state index in [-0.39, 0.29) is 0 Å². The minimum absolute atomic E-state index is 0.439. The maximum absolute atomic E-state index is 5.61. The Morgan fingerprint density at radius 1 is 1.38 bits per heavy atom.